The van der Waals surface area contributed by atoms with Crippen LogP contribution in [0.3, 0.4) is 0 Å². The fourth-order valence-electron chi connectivity index (χ4n) is 2.65. The summed E-state index contributed by atoms with van der Waals surface area (Å²) >= 11 is 0. The number of nitrogens with one attached hydrogen (secondary N) is 1. The van der Waals surface area contributed by atoms with Gasteiger partial charge in [0.25, 0.3) is 0 Å². The van der Waals surface area contributed by atoms with E-state index in [9.17, 15) is 4.79 Å². The molecule has 1 N–H and O–H groups in total. The van der Waals surface area contributed by atoms with Gasteiger partial charge < -0.3 is 9.64 Å². The van der Waals surface area contributed by atoms with Crippen molar-refractivity contribution < 1.29 is 9.53 Å². The van der Waals surface area contributed by atoms with Crippen LogP contribution in [0, 0.1) is 5.92 Å². The Morgan fingerprint density at radius 1 is 1.25 bits per heavy atom. The Balaban J connectivity index is 2.40. The van der Waals surface area contributed by atoms with Gasteiger partial charge in [-0.2, -0.15) is 0 Å². The number of hydrogen-bond acceptors (Lipinski definition) is 3. The van der Waals surface area contributed by atoms with Crippen LogP contribution in [0.1, 0.15) is 60.3 Å². The molecule has 0 aliphatic carbocycles. The maximum Gasteiger partial charge on any atom is 0.241 e. The fourth-order valence-corrected chi connectivity index (χ4v) is 2.65. The van der Waals surface area contributed by atoms with E-state index in [4.69, 9.17) is 4.74 Å². The molecule has 0 aromatic rings. The first-order valence-corrected chi connectivity index (χ1v) is 8.19. The molecule has 20 heavy (non-hydrogen) atoms. The van der Waals surface area contributed by atoms with Crippen molar-refractivity contribution in [1.82, 2.24) is 10.2 Å². The highest BCUT2D eigenvalue weighted by molar-refractivity contribution is 5.84. The van der Waals surface area contributed by atoms with Gasteiger partial charge in [-0.05, 0) is 39.0 Å². The lowest BCUT2D eigenvalue weighted by molar-refractivity contribution is -0.131. The number of ether oxygens (including phenoxy) is 1. The van der Waals surface area contributed by atoms with Crippen molar-refractivity contribution in [2.24, 2.45) is 5.92 Å². The van der Waals surface area contributed by atoms with E-state index in [0.29, 0.717) is 12.0 Å². The van der Waals surface area contributed by atoms with E-state index in [2.05, 4.69) is 39.9 Å². The van der Waals surface area contributed by atoms with Crippen LogP contribution < -0.4 is 5.32 Å². The summed E-state index contributed by atoms with van der Waals surface area (Å²) < 4.78 is 5.54. The summed E-state index contributed by atoms with van der Waals surface area (Å²) in [5.41, 5.74) is 0. The van der Waals surface area contributed by atoms with Crippen molar-refractivity contribution >= 4 is 5.91 Å². The zero-order valence-electron chi connectivity index (χ0n) is 13.8. The van der Waals surface area contributed by atoms with Gasteiger partial charge in [-0.3, -0.25) is 10.1 Å². The van der Waals surface area contributed by atoms with Gasteiger partial charge in [0, 0.05) is 13.2 Å². The van der Waals surface area contributed by atoms with Crippen LogP contribution in [0.5, 0.6) is 0 Å². The molecule has 1 aliphatic rings. The number of carbonyl (C=O) groups excluding carboxylic acids is 1. The van der Waals surface area contributed by atoms with E-state index in [1.165, 1.54) is 0 Å². The Hall–Kier alpha value is -0.610. The smallest absolute Gasteiger partial charge is 0.241 e. The summed E-state index contributed by atoms with van der Waals surface area (Å²) in [6.07, 6.45) is 4.56. The standard InChI is InChI=1S/C16H32N2O2/c1-6-13(5)15-16(19)18(14(7-2)17-15)10-8-9-11-20-12(3)4/h12-15,17H,6-11H2,1-5H3. The summed E-state index contributed by atoms with van der Waals surface area (Å²) in [4.78, 5) is 14.5. The minimum atomic E-state index is 0.0110. The Morgan fingerprint density at radius 2 is 1.95 bits per heavy atom. The summed E-state index contributed by atoms with van der Waals surface area (Å²) in [5, 5.41) is 3.50. The van der Waals surface area contributed by atoms with Crippen molar-refractivity contribution in [2.45, 2.75) is 78.6 Å². The molecule has 0 radical (unpaired) electrons. The average molecular weight is 284 g/mol. The zero-order valence-corrected chi connectivity index (χ0v) is 13.8. The molecule has 1 aliphatic heterocycles. The summed E-state index contributed by atoms with van der Waals surface area (Å²) in [6.45, 7) is 12.2. The van der Waals surface area contributed by atoms with Crippen LogP contribution >= 0.6 is 0 Å². The van der Waals surface area contributed by atoms with Crippen molar-refractivity contribution in [1.29, 1.82) is 0 Å². The molecule has 0 saturated carbocycles. The molecule has 4 nitrogen and oxygen atoms in total. The van der Waals surface area contributed by atoms with Crippen LogP contribution in [-0.4, -0.2) is 42.3 Å². The van der Waals surface area contributed by atoms with Gasteiger partial charge in [0.15, 0.2) is 0 Å². The topological polar surface area (TPSA) is 41.6 Å². The molecule has 1 amide bonds. The normalized spacial score (nSPS) is 24.7. The number of nitrogens with zero attached hydrogens (tertiary/aromatic N) is 1. The first-order valence-electron chi connectivity index (χ1n) is 8.19. The second-order valence-electron chi connectivity index (χ2n) is 6.11. The highest BCUT2D eigenvalue weighted by Gasteiger charge is 2.39. The van der Waals surface area contributed by atoms with Gasteiger partial charge in [-0.1, -0.05) is 27.2 Å². The molecule has 0 aromatic carbocycles. The third kappa shape index (κ3) is 4.74. The second kappa shape index (κ2) is 8.63. The predicted octanol–water partition coefficient (Wildman–Crippen LogP) is 2.77. The van der Waals surface area contributed by atoms with Gasteiger partial charge in [0.1, 0.15) is 0 Å². The fraction of sp³-hybridized carbons (Fsp3) is 0.938. The maximum absolute atomic E-state index is 12.5. The molecule has 0 aromatic heterocycles. The van der Waals surface area contributed by atoms with E-state index in [1.807, 2.05) is 4.90 Å². The molecule has 3 unspecified atom stereocenters. The van der Waals surface area contributed by atoms with Gasteiger partial charge in [0.05, 0.1) is 18.3 Å². The van der Waals surface area contributed by atoms with E-state index in [0.717, 1.165) is 38.8 Å². The van der Waals surface area contributed by atoms with Crippen LogP contribution in [0.25, 0.3) is 0 Å². The van der Waals surface area contributed by atoms with E-state index in [-0.39, 0.29) is 18.1 Å². The van der Waals surface area contributed by atoms with Gasteiger partial charge in [0.2, 0.25) is 5.91 Å². The molecule has 1 heterocycles. The summed E-state index contributed by atoms with van der Waals surface area (Å²) in [5.74, 6) is 0.696. The monoisotopic (exact) mass is 284 g/mol. The molecule has 0 spiro atoms. The first-order chi connectivity index (χ1) is 9.51. The highest BCUT2D eigenvalue weighted by Crippen LogP contribution is 2.21. The van der Waals surface area contributed by atoms with Crippen LogP contribution in [-0.2, 0) is 9.53 Å². The highest BCUT2D eigenvalue weighted by atomic mass is 16.5. The molecule has 118 valence electrons. The largest absolute Gasteiger partial charge is 0.379 e. The summed E-state index contributed by atoms with van der Waals surface area (Å²) in [6, 6.07) is 0.0110. The maximum atomic E-state index is 12.5. The Labute approximate surface area is 124 Å². The summed E-state index contributed by atoms with van der Waals surface area (Å²) in [7, 11) is 0. The molecule has 1 fully saturated rings. The molecule has 1 saturated heterocycles. The molecule has 4 heteroatoms. The van der Waals surface area contributed by atoms with Crippen LogP contribution in [0.15, 0.2) is 0 Å². The van der Waals surface area contributed by atoms with Gasteiger partial charge in [-0.25, -0.2) is 0 Å². The minimum Gasteiger partial charge on any atom is -0.379 e. The lowest BCUT2D eigenvalue weighted by Crippen LogP contribution is -2.37. The van der Waals surface area contributed by atoms with E-state index in [1.54, 1.807) is 0 Å². The van der Waals surface area contributed by atoms with Gasteiger partial charge in [-0.15, -0.1) is 0 Å². The molecular formula is C16H32N2O2. The molecule has 3 atom stereocenters. The van der Waals surface area contributed by atoms with Crippen LogP contribution in [0.4, 0.5) is 0 Å². The third-order valence-corrected chi connectivity index (χ3v) is 4.14. The third-order valence-electron chi connectivity index (χ3n) is 4.14. The number of amides is 1. The Morgan fingerprint density at radius 3 is 2.50 bits per heavy atom. The zero-order chi connectivity index (χ0) is 15.1. The average Bonchev–Trinajstić information content (AvgIpc) is 2.74. The molecule has 0 bridgehead atoms. The van der Waals surface area contributed by atoms with Crippen molar-refractivity contribution in [3.05, 3.63) is 0 Å². The Bertz CT molecular complexity index is 294. The van der Waals surface area contributed by atoms with Crippen molar-refractivity contribution in [3.63, 3.8) is 0 Å². The lowest BCUT2D eigenvalue weighted by Gasteiger charge is -2.23. The quantitative estimate of drug-likeness (QED) is 0.662. The number of unbranched alkanes of at least 4 members (excludes halogenated alkanes) is 1. The number of hydrogen-bond donors (Lipinski definition) is 1. The van der Waals surface area contributed by atoms with Gasteiger partial charge >= 0.3 is 0 Å². The predicted molar refractivity (Wildman–Crippen MR) is 82.5 cm³/mol. The van der Waals surface area contributed by atoms with E-state index < -0.39 is 0 Å². The van der Waals surface area contributed by atoms with Crippen molar-refractivity contribution in [2.75, 3.05) is 13.2 Å². The number of rotatable bonds is 9. The SMILES string of the molecule is CCC(C)C1NC(CC)N(CCCCOC(C)C)C1=O. The molecular weight excluding hydrogens is 252 g/mol. The number of carbonyl (C=O) groups is 1. The second-order valence-corrected chi connectivity index (χ2v) is 6.11. The van der Waals surface area contributed by atoms with Crippen LogP contribution in [0.2, 0.25) is 0 Å². The van der Waals surface area contributed by atoms with E-state index >= 15 is 0 Å². The van der Waals surface area contributed by atoms with Crippen molar-refractivity contribution in [3.8, 4) is 0 Å². The minimum absolute atomic E-state index is 0.0110. The Kier molecular flexibility index (Phi) is 7.52. The first kappa shape index (κ1) is 17.4. The lowest BCUT2D eigenvalue weighted by atomic mass is 9.99. The molecule has 1 rings (SSSR count).